The highest BCUT2D eigenvalue weighted by atomic mass is 32.1. The van der Waals surface area contributed by atoms with Gasteiger partial charge in [-0.05, 0) is 31.2 Å². The van der Waals surface area contributed by atoms with Crippen molar-refractivity contribution in [3.05, 3.63) is 26.8 Å². The van der Waals surface area contributed by atoms with Gasteiger partial charge in [0.1, 0.15) is 10.2 Å². The van der Waals surface area contributed by atoms with Gasteiger partial charge in [0.15, 0.2) is 17.5 Å². The van der Waals surface area contributed by atoms with Crippen LogP contribution in [0.1, 0.15) is 47.9 Å². The summed E-state index contributed by atoms with van der Waals surface area (Å²) in [5.41, 5.74) is 0.597. The standard InChI is InChI=1S/C15H13NO4S/c17-8-5-6-9(18)12(8)13-16-14-11(15(19)20-13)7-3-1-2-4-10(7)21-14/h12H,1-6H2. The molecule has 0 aliphatic heterocycles. The van der Waals surface area contributed by atoms with Crippen LogP contribution in [0.15, 0.2) is 9.21 Å². The molecule has 2 aromatic rings. The summed E-state index contributed by atoms with van der Waals surface area (Å²) in [5, 5.41) is 0.552. The number of fused-ring (bicyclic) bond motifs is 3. The van der Waals surface area contributed by atoms with Gasteiger partial charge in [-0.15, -0.1) is 11.3 Å². The van der Waals surface area contributed by atoms with Gasteiger partial charge in [0.05, 0.1) is 0 Å². The van der Waals surface area contributed by atoms with Crippen molar-refractivity contribution in [1.82, 2.24) is 4.98 Å². The molecule has 0 bridgehead atoms. The van der Waals surface area contributed by atoms with Crippen molar-refractivity contribution >= 4 is 33.1 Å². The van der Waals surface area contributed by atoms with E-state index in [1.807, 2.05) is 0 Å². The van der Waals surface area contributed by atoms with Gasteiger partial charge in [0.25, 0.3) is 0 Å². The number of Topliss-reactive ketones (excluding diaryl/α,β-unsaturated/α-hetero) is 2. The van der Waals surface area contributed by atoms with Gasteiger partial charge < -0.3 is 4.42 Å². The molecule has 108 valence electrons. The highest BCUT2D eigenvalue weighted by Gasteiger charge is 2.38. The molecule has 0 N–H and O–H groups in total. The Bertz CT molecular complexity index is 816. The Balaban J connectivity index is 1.92. The second-order valence-corrected chi connectivity index (χ2v) is 6.68. The molecule has 4 rings (SSSR count). The van der Waals surface area contributed by atoms with E-state index in [1.54, 1.807) is 0 Å². The summed E-state index contributed by atoms with van der Waals surface area (Å²) in [7, 11) is 0. The lowest BCUT2D eigenvalue weighted by Crippen LogP contribution is -2.17. The molecule has 2 aliphatic rings. The number of rotatable bonds is 1. The largest absolute Gasteiger partial charge is 0.407 e. The van der Waals surface area contributed by atoms with Gasteiger partial charge in [-0.2, -0.15) is 0 Å². The van der Waals surface area contributed by atoms with E-state index in [-0.39, 0.29) is 30.3 Å². The Labute approximate surface area is 124 Å². The fraction of sp³-hybridized carbons (Fsp3) is 0.467. The van der Waals surface area contributed by atoms with E-state index in [1.165, 1.54) is 16.2 Å². The Morgan fingerprint density at radius 1 is 1.00 bits per heavy atom. The van der Waals surface area contributed by atoms with Crippen LogP contribution in [0.3, 0.4) is 0 Å². The Morgan fingerprint density at radius 2 is 1.71 bits per heavy atom. The number of hydrogen-bond donors (Lipinski definition) is 0. The Morgan fingerprint density at radius 3 is 2.48 bits per heavy atom. The van der Waals surface area contributed by atoms with Crippen LogP contribution in [-0.4, -0.2) is 16.6 Å². The zero-order valence-corrected chi connectivity index (χ0v) is 12.1. The van der Waals surface area contributed by atoms with E-state index in [9.17, 15) is 14.4 Å². The number of ketones is 2. The molecule has 0 amide bonds. The average molecular weight is 303 g/mol. The molecule has 0 saturated heterocycles. The first kappa shape index (κ1) is 12.9. The van der Waals surface area contributed by atoms with Crippen LogP contribution in [0.4, 0.5) is 0 Å². The monoisotopic (exact) mass is 303 g/mol. The lowest BCUT2D eigenvalue weighted by molar-refractivity contribution is -0.124. The Hall–Kier alpha value is -1.82. The molecule has 0 aromatic carbocycles. The van der Waals surface area contributed by atoms with E-state index in [0.29, 0.717) is 10.2 Å². The summed E-state index contributed by atoms with van der Waals surface area (Å²) < 4.78 is 5.24. The normalized spacial score (nSPS) is 19.4. The maximum Gasteiger partial charge on any atom is 0.348 e. The topological polar surface area (TPSA) is 77.2 Å². The van der Waals surface area contributed by atoms with Gasteiger partial charge >= 0.3 is 5.63 Å². The molecule has 2 aromatic heterocycles. The van der Waals surface area contributed by atoms with Gasteiger partial charge in [-0.25, -0.2) is 9.78 Å². The molecule has 2 aliphatic carbocycles. The molecule has 2 heterocycles. The Kier molecular flexibility index (Phi) is 2.82. The highest BCUT2D eigenvalue weighted by molar-refractivity contribution is 7.18. The van der Waals surface area contributed by atoms with Crippen LogP contribution < -0.4 is 5.63 Å². The average Bonchev–Trinajstić information content (AvgIpc) is 2.99. The second kappa shape index (κ2) is 4.59. The molecular formula is C15H13NO4S. The smallest absolute Gasteiger partial charge is 0.348 e. The van der Waals surface area contributed by atoms with E-state index in [0.717, 1.165) is 31.2 Å². The number of aryl methyl sites for hydroxylation is 2. The van der Waals surface area contributed by atoms with Crippen LogP contribution >= 0.6 is 11.3 Å². The van der Waals surface area contributed by atoms with Crippen LogP contribution in [0.5, 0.6) is 0 Å². The summed E-state index contributed by atoms with van der Waals surface area (Å²) in [4.78, 5) is 42.0. The van der Waals surface area contributed by atoms with E-state index in [2.05, 4.69) is 4.98 Å². The highest BCUT2D eigenvalue weighted by Crippen LogP contribution is 2.35. The third-order valence-corrected chi connectivity index (χ3v) is 5.46. The molecular weight excluding hydrogens is 290 g/mol. The van der Waals surface area contributed by atoms with Crippen molar-refractivity contribution in [3.63, 3.8) is 0 Å². The van der Waals surface area contributed by atoms with Crippen molar-refractivity contribution in [2.24, 2.45) is 0 Å². The molecule has 5 nitrogen and oxygen atoms in total. The molecule has 0 atom stereocenters. The molecule has 0 spiro atoms. The molecule has 0 unspecified atom stereocenters. The van der Waals surface area contributed by atoms with Gasteiger partial charge in [0, 0.05) is 17.7 Å². The molecule has 6 heteroatoms. The van der Waals surface area contributed by atoms with Crippen LogP contribution in [0.2, 0.25) is 0 Å². The van der Waals surface area contributed by atoms with E-state index < -0.39 is 11.5 Å². The lowest BCUT2D eigenvalue weighted by atomic mass is 9.97. The maximum absolute atomic E-state index is 12.3. The number of hydrogen-bond acceptors (Lipinski definition) is 6. The summed E-state index contributed by atoms with van der Waals surface area (Å²) in [6.45, 7) is 0. The van der Waals surface area contributed by atoms with Crippen molar-refractivity contribution in [1.29, 1.82) is 0 Å². The summed E-state index contributed by atoms with van der Waals surface area (Å²) >= 11 is 1.50. The van der Waals surface area contributed by atoms with Crippen LogP contribution in [-0.2, 0) is 22.4 Å². The molecule has 1 saturated carbocycles. The summed E-state index contributed by atoms with van der Waals surface area (Å²) in [6, 6.07) is 0. The van der Waals surface area contributed by atoms with E-state index in [4.69, 9.17) is 4.42 Å². The maximum atomic E-state index is 12.3. The van der Waals surface area contributed by atoms with Gasteiger partial charge in [-0.3, -0.25) is 9.59 Å². The molecule has 21 heavy (non-hydrogen) atoms. The summed E-state index contributed by atoms with van der Waals surface area (Å²) in [6.07, 6.45) is 4.47. The predicted molar refractivity (Wildman–Crippen MR) is 76.8 cm³/mol. The number of nitrogens with zero attached hydrogens (tertiary/aromatic N) is 1. The van der Waals surface area contributed by atoms with Gasteiger partial charge in [-0.1, -0.05) is 0 Å². The van der Waals surface area contributed by atoms with Crippen molar-refractivity contribution < 1.29 is 14.0 Å². The van der Waals surface area contributed by atoms with Crippen molar-refractivity contribution in [2.45, 2.75) is 44.4 Å². The number of aromatic nitrogens is 1. The predicted octanol–water partition coefficient (Wildman–Crippen LogP) is 2.14. The van der Waals surface area contributed by atoms with Crippen LogP contribution in [0.25, 0.3) is 10.2 Å². The first-order chi connectivity index (χ1) is 10.1. The second-order valence-electron chi connectivity index (χ2n) is 5.60. The van der Waals surface area contributed by atoms with E-state index >= 15 is 0 Å². The fourth-order valence-corrected chi connectivity index (χ4v) is 4.47. The number of thiophene rings is 1. The van der Waals surface area contributed by atoms with Crippen LogP contribution in [0, 0.1) is 0 Å². The SMILES string of the molecule is O=C1CCC(=O)C1c1nc2sc3c(c2c(=O)o1)CCCC3. The number of carbonyl (C=O) groups is 2. The minimum Gasteiger partial charge on any atom is -0.407 e. The van der Waals surface area contributed by atoms with Crippen molar-refractivity contribution in [3.8, 4) is 0 Å². The third kappa shape index (κ3) is 1.89. The van der Waals surface area contributed by atoms with Crippen molar-refractivity contribution in [2.75, 3.05) is 0 Å². The van der Waals surface area contributed by atoms with Gasteiger partial charge in [0.2, 0.25) is 5.89 Å². The zero-order valence-electron chi connectivity index (χ0n) is 11.3. The third-order valence-electron chi connectivity index (χ3n) is 4.27. The zero-order chi connectivity index (χ0) is 14.6. The molecule has 0 radical (unpaired) electrons. The first-order valence-corrected chi connectivity index (χ1v) is 7.97. The lowest BCUT2D eigenvalue weighted by Gasteiger charge is -2.09. The minimum absolute atomic E-state index is 0.0152. The quantitative estimate of drug-likeness (QED) is 0.754. The fourth-order valence-electron chi connectivity index (χ4n) is 3.22. The minimum atomic E-state index is -0.971. The number of carbonyl (C=O) groups excluding carboxylic acids is 2. The molecule has 1 fully saturated rings. The first-order valence-electron chi connectivity index (χ1n) is 7.16. The summed E-state index contributed by atoms with van der Waals surface area (Å²) in [5.74, 6) is -1.38.